The van der Waals surface area contributed by atoms with Crippen LogP contribution in [0.15, 0.2) is 24.3 Å². The van der Waals surface area contributed by atoms with Gasteiger partial charge in [0.15, 0.2) is 0 Å². The van der Waals surface area contributed by atoms with Crippen LogP contribution < -0.4 is 15.4 Å². The van der Waals surface area contributed by atoms with Crippen LogP contribution in [0.25, 0.3) is 0 Å². The molecule has 0 aromatic heterocycles. The lowest BCUT2D eigenvalue weighted by Crippen LogP contribution is -2.37. The first-order valence-corrected chi connectivity index (χ1v) is 7.61. The average molecular weight is 319 g/mol. The van der Waals surface area contributed by atoms with E-state index in [2.05, 4.69) is 10.6 Å². The van der Waals surface area contributed by atoms with E-state index in [-0.39, 0.29) is 5.91 Å². The third-order valence-electron chi connectivity index (χ3n) is 3.62. The number of hydrogen-bond acceptors (Lipinski definition) is 4. The third-order valence-corrected chi connectivity index (χ3v) is 3.62. The van der Waals surface area contributed by atoms with Gasteiger partial charge >= 0.3 is 11.8 Å². The highest BCUT2D eigenvalue weighted by Gasteiger charge is 2.19. The standard InChI is InChI=1S/C16H21N3O4/c1-23-13-7-5-12(6-8-13)18-16(22)15(21)17-9-3-11-19-10-2-4-14(19)20/h5-8H,2-4,9-11H2,1H3,(H,17,21)(H,18,22). The van der Waals surface area contributed by atoms with Gasteiger partial charge in [-0.25, -0.2) is 0 Å². The smallest absolute Gasteiger partial charge is 0.313 e. The summed E-state index contributed by atoms with van der Waals surface area (Å²) in [5.41, 5.74) is 0.522. The zero-order valence-corrected chi connectivity index (χ0v) is 13.1. The fraction of sp³-hybridized carbons (Fsp3) is 0.438. The Morgan fingerprint density at radius 3 is 2.57 bits per heavy atom. The van der Waals surface area contributed by atoms with E-state index in [1.54, 1.807) is 36.3 Å². The van der Waals surface area contributed by atoms with Crippen LogP contribution in [-0.2, 0) is 14.4 Å². The molecule has 0 atom stereocenters. The van der Waals surface area contributed by atoms with Crippen molar-refractivity contribution >= 4 is 23.4 Å². The van der Waals surface area contributed by atoms with E-state index in [1.165, 1.54) is 0 Å². The largest absolute Gasteiger partial charge is 0.497 e. The predicted molar refractivity (Wildman–Crippen MR) is 85.1 cm³/mol. The van der Waals surface area contributed by atoms with Gasteiger partial charge in [0, 0.05) is 31.7 Å². The maximum absolute atomic E-state index is 11.8. The lowest BCUT2D eigenvalue weighted by atomic mass is 10.3. The Bertz CT molecular complexity index is 571. The Kier molecular flexibility index (Phi) is 5.96. The summed E-state index contributed by atoms with van der Waals surface area (Å²) in [6.07, 6.45) is 2.14. The molecule has 0 bridgehead atoms. The van der Waals surface area contributed by atoms with Gasteiger partial charge in [0.2, 0.25) is 5.91 Å². The highest BCUT2D eigenvalue weighted by atomic mass is 16.5. The summed E-state index contributed by atoms with van der Waals surface area (Å²) < 4.78 is 5.02. The van der Waals surface area contributed by atoms with E-state index in [4.69, 9.17) is 4.74 Å². The highest BCUT2D eigenvalue weighted by molar-refractivity contribution is 6.39. The molecule has 23 heavy (non-hydrogen) atoms. The van der Waals surface area contributed by atoms with Gasteiger partial charge in [-0.2, -0.15) is 0 Å². The molecule has 0 spiro atoms. The van der Waals surface area contributed by atoms with Crippen molar-refractivity contribution in [1.82, 2.24) is 10.2 Å². The van der Waals surface area contributed by atoms with Crippen LogP contribution in [0.1, 0.15) is 19.3 Å². The van der Waals surface area contributed by atoms with E-state index in [0.717, 1.165) is 13.0 Å². The van der Waals surface area contributed by atoms with Gasteiger partial charge < -0.3 is 20.3 Å². The molecule has 1 heterocycles. The predicted octanol–water partition coefficient (Wildman–Crippen LogP) is 0.762. The Labute approximate surface area is 135 Å². The van der Waals surface area contributed by atoms with Gasteiger partial charge in [-0.3, -0.25) is 14.4 Å². The van der Waals surface area contributed by atoms with Gasteiger partial charge in [0.1, 0.15) is 5.75 Å². The number of rotatable bonds is 6. The van der Waals surface area contributed by atoms with E-state index in [0.29, 0.717) is 37.4 Å². The van der Waals surface area contributed by atoms with Crippen molar-refractivity contribution in [3.05, 3.63) is 24.3 Å². The number of ether oxygens (including phenoxy) is 1. The highest BCUT2D eigenvalue weighted by Crippen LogP contribution is 2.14. The first-order valence-electron chi connectivity index (χ1n) is 7.61. The Morgan fingerprint density at radius 1 is 1.22 bits per heavy atom. The van der Waals surface area contributed by atoms with E-state index in [1.807, 2.05) is 0 Å². The molecule has 1 aliphatic heterocycles. The van der Waals surface area contributed by atoms with Crippen molar-refractivity contribution in [3.8, 4) is 5.75 Å². The van der Waals surface area contributed by atoms with Crippen LogP contribution in [0, 0.1) is 0 Å². The summed E-state index contributed by atoms with van der Waals surface area (Å²) in [4.78, 5) is 36.7. The summed E-state index contributed by atoms with van der Waals surface area (Å²) >= 11 is 0. The lowest BCUT2D eigenvalue weighted by molar-refractivity contribution is -0.136. The molecule has 1 aliphatic rings. The van der Waals surface area contributed by atoms with E-state index < -0.39 is 11.8 Å². The molecule has 1 aromatic carbocycles. The van der Waals surface area contributed by atoms with Crippen LogP contribution in [-0.4, -0.2) is 49.4 Å². The van der Waals surface area contributed by atoms with Gasteiger partial charge in [0.25, 0.3) is 0 Å². The van der Waals surface area contributed by atoms with Crippen molar-refractivity contribution in [2.24, 2.45) is 0 Å². The summed E-state index contributed by atoms with van der Waals surface area (Å²) in [5, 5.41) is 5.06. The minimum atomic E-state index is -0.715. The van der Waals surface area contributed by atoms with Crippen LogP contribution in [0.5, 0.6) is 5.75 Å². The quantitative estimate of drug-likeness (QED) is 0.599. The Hall–Kier alpha value is -2.57. The average Bonchev–Trinajstić information content (AvgIpc) is 2.97. The molecule has 2 N–H and O–H groups in total. The zero-order chi connectivity index (χ0) is 16.7. The summed E-state index contributed by atoms with van der Waals surface area (Å²) in [7, 11) is 1.55. The summed E-state index contributed by atoms with van der Waals surface area (Å²) in [6, 6.07) is 6.70. The van der Waals surface area contributed by atoms with Crippen molar-refractivity contribution in [2.75, 3.05) is 32.1 Å². The molecule has 7 heteroatoms. The number of likely N-dealkylation sites (tertiary alicyclic amines) is 1. The first kappa shape index (κ1) is 16.8. The van der Waals surface area contributed by atoms with Crippen LogP contribution in [0.4, 0.5) is 5.69 Å². The monoisotopic (exact) mass is 319 g/mol. The number of amides is 3. The van der Waals surface area contributed by atoms with Gasteiger partial charge in [0.05, 0.1) is 7.11 Å². The minimum Gasteiger partial charge on any atom is -0.497 e. The molecular formula is C16H21N3O4. The zero-order valence-electron chi connectivity index (χ0n) is 13.1. The third kappa shape index (κ3) is 4.98. The molecule has 1 aromatic rings. The normalized spacial score (nSPS) is 13.8. The maximum Gasteiger partial charge on any atom is 0.313 e. The Balaban J connectivity index is 1.67. The molecule has 3 amide bonds. The molecule has 124 valence electrons. The van der Waals surface area contributed by atoms with Crippen LogP contribution in [0.3, 0.4) is 0 Å². The summed E-state index contributed by atoms with van der Waals surface area (Å²) in [6.45, 7) is 1.75. The molecule has 1 saturated heterocycles. The second-order valence-electron chi connectivity index (χ2n) is 5.28. The number of carbonyl (C=O) groups is 3. The topological polar surface area (TPSA) is 87.7 Å². The van der Waals surface area contributed by atoms with E-state index in [9.17, 15) is 14.4 Å². The van der Waals surface area contributed by atoms with Crippen molar-refractivity contribution in [2.45, 2.75) is 19.3 Å². The number of carbonyl (C=O) groups excluding carboxylic acids is 3. The lowest BCUT2D eigenvalue weighted by Gasteiger charge is -2.15. The number of anilines is 1. The fourth-order valence-corrected chi connectivity index (χ4v) is 2.35. The van der Waals surface area contributed by atoms with Gasteiger partial charge in [-0.05, 0) is 37.1 Å². The number of benzene rings is 1. The first-order chi connectivity index (χ1) is 11.1. The van der Waals surface area contributed by atoms with Gasteiger partial charge in [-0.15, -0.1) is 0 Å². The van der Waals surface area contributed by atoms with Crippen LogP contribution >= 0.6 is 0 Å². The molecular weight excluding hydrogens is 298 g/mol. The van der Waals surface area contributed by atoms with Crippen molar-refractivity contribution in [3.63, 3.8) is 0 Å². The number of hydrogen-bond donors (Lipinski definition) is 2. The number of nitrogens with one attached hydrogen (secondary N) is 2. The maximum atomic E-state index is 11.8. The SMILES string of the molecule is COc1ccc(NC(=O)C(=O)NCCCN2CCCC2=O)cc1. The second-order valence-corrected chi connectivity index (χ2v) is 5.28. The van der Waals surface area contributed by atoms with Crippen molar-refractivity contribution < 1.29 is 19.1 Å². The summed E-state index contributed by atoms with van der Waals surface area (Å²) in [5.74, 6) is -0.571. The molecule has 0 unspecified atom stereocenters. The number of methoxy groups -OCH3 is 1. The molecule has 0 saturated carbocycles. The molecule has 0 radical (unpaired) electrons. The molecule has 0 aliphatic carbocycles. The molecule has 7 nitrogen and oxygen atoms in total. The van der Waals surface area contributed by atoms with E-state index >= 15 is 0 Å². The van der Waals surface area contributed by atoms with Crippen LogP contribution in [0.2, 0.25) is 0 Å². The van der Waals surface area contributed by atoms with Gasteiger partial charge in [-0.1, -0.05) is 0 Å². The Morgan fingerprint density at radius 2 is 1.96 bits per heavy atom. The fourth-order valence-electron chi connectivity index (χ4n) is 2.35. The van der Waals surface area contributed by atoms with Crippen molar-refractivity contribution in [1.29, 1.82) is 0 Å². The molecule has 2 rings (SSSR count). The number of nitrogens with zero attached hydrogens (tertiary/aromatic N) is 1. The minimum absolute atomic E-state index is 0.161. The molecule has 1 fully saturated rings. The second kappa shape index (κ2) is 8.17.